The first-order valence-corrected chi connectivity index (χ1v) is 10.2. The van der Waals surface area contributed by atoms with Gasteiger partial charge in [0.1, 0.15) is 9.84 Å². The van der Waals surface area contributed by atoms with Gasteiger partial charge in [-0.25, -0.2) is 21.6 Å². The first-order valence-electron chi connectivity index (χ1n) is 6.45. The second-order valence-electron chi connectivity index (χ2n) is 4.65. The molecule has 1 atom stereocenters. The van der Waals surface area contributed by atoms with Crippen LogP contribution in [0.15, 0.2) is 36.4 Å². The minimum Gasteiger partial charge on any atom is -0.392 e. The van der Waals surface area contributed by atoms with Crippen molar-refractivity contribution in [1.82, 2.24) is 4.72 Å². The Labute approximate surface area is 127 Å². The van der Waals surface area contributed by atoms with Gasteiger partial charge in [0.05, 0.1) is 17.6 Å². The van der Waals surface area contributed by atoms with Gasteiger partial charge in [0.2, 0.25) is 10.0 Å². The Bertz CT molecular complexity index is 541. The zero-order valence-electron chi connectivity index (χ0n) is 12.3. The summed E-state index contributed by atoms with van der Waals surface area (Å²) in [6, 6.07) is 12.0. The van der Waals surface area contributed by atoms with Gasteiger partial charge in [-0.15, -0.1) is 0 Å². The Kier molecular flexibility index (Phi) is 9.43. The minimum atomic E-state index is -3.47. The molecule has 0 aliphatic carbocycles. The summed E-state index contributed by atoms with van der Waals surface area (Å²) in [5.74, 6) is -0.393. The zero-order valence-corrected chi connectivity index (χ0v) is 13.9. The standard InChI is InChI=1S/C7H17NO5S2.C6H6/c1-7(9)6-8-15(12,13)5-3-4-14(2,10)11;1-2-4-6-5-3-1/h7-9H,3-6H2,1-2H3;1-6H. The molecule has 1 aromatic carbocycles. The average molecular weight is 337 g/mol. The van der Waals surface area contributed by atoms with Crippen molar-refractivity contribution in [3.8, 4) is 0 Å². The molecule has 122 valence electrons. The lowest BCUT2D eigenvalue weighted by atomic mass is 10.4. The molecule has 2 N–H and O–H groups in total. The van der Waals surface area contributed by atoms with Crippen molar-refractivity contribution < 1.29 is 21.9 Å². The van der Waals surface area contributed by atoms with Gasteiger partial charge in [0.25, 0.3) is 0 Å². The molecule has 0 bridgehead atoms. The van der Waals surface area contributed by atoms with Crippen LogP contribution in [0.3, 0.4) is 0 Å². The number of sulfonamides is 1. The quantitative estimate of drug-likeness (QED) is 0.750. The lowest BCUT2D eigenvalue weighted by Crippen LogP contribution is -2.32. The third-order valence-corrected chi connectivity index (χ3v) is 4.66. The molecule has 0 fully saturated rings. The normalized spacial score (nSPS) is 13.1. The number of hydrogen-bond acceptors (Lipinski definition) is 5. The molecule has 8 heteroatoms. The molecule has 1 unspecified atom stereocenters. The molecular formula is C13H23NO5S2. The summed E-state index contributed by atoms with van der Waals surface area (Å²) in [5.41, 5.74) is 0. The number of aliphatic hydroxyl groups excluding tert-OH is 1. The smallest absolute Gasteiger partial charge is 0.211 e. The Morgan fingerprint density at radius 2 is 1.38 bits per heavy atom. The highest BCUT2D eigenvalue weighted by atomic mass is 32.2. The largest absolute Gasteiger partial charge is 0.392 e. The molecule has 0 aromatic heterocycles. The third kappa shape index (κ3) is 15.3. The van der Waals surface area contributed by atoms with Crippen LogP contribution in [-0.4, -0.2) is 52.4 Å². The van der Waals surface area contributed by atoms with Gasteiger partial charge in [-0.2, -0.15) is 0 Å². The Hall–Kier alpha value is -0.960. The van der Waals surface area contributed by atoms with Crippen LogP contribution in [0.2, 0.25) is 0 Å². The third-order valence-electron chi connectivity index (χ3n) is 2.19. The highest BCUT2D eigenvalue weighted by Crippen LogP contribution is 1.94. The number of benzene rings is 1. The summed E-state index contributed by atoms with van der Waals surface area (Å²) in [6.07, 6.45) is 0.367. The average Bonchev–Trinajstić information content (AvgIpc) is 2.37. The van der Waals surface area contributed by atoms with E-state index in [0.717, 1.165) is 6.26 Å². The van der Waals surface area contributed by atoms with Crippen LogP contribution >= 0.6 is 0 Å². The summed E-state index contributed by atoms with van der Waals surface area (Å²) in [5, 5.41) is 8.85. The molecule has 21 heavy (non-hydrogen) atoms. The van der Waals surface area contributed by atoms with E-state index < -0.39 is 26.0 Å². The van der Waals surface area contributed by atoms with Crippen LogP contribution < -0.4 is 4.72 Å². The minimum absolute atomic E-state index is 0.0544. The molecule has 0 aliphatic rings. The molecule has 6 nitrogen and oxygen atoms in total. The highest BCUT2D eigenvalue weighted by Gasteiger charge is 2.12. The molecule has 0 heterocycles. The topological polar surface area (TPSA) is 101 Å². The van der Waals surface area contributed by atoms with Crippen molar-refractivity contribution in [3.05, 3.63) is 36.4 Å². The maximum Gasteiger partial charge on any atom is 0.211 e. The van der Waals surface area contributed by atoms with E-state index >= 15 is 0 Å². The van der Waals surface area contributed by atoms with Gasteiger partial charge in [-0.3, -0.25) is 0 Å². The van der Waals surface area contributed by atoms with Crippen LogP contribution in [0.1, 0.15) is 13.3 Å². The van der Waals surface area contributed by atoms with E-state index in [1.807, 2.05) is 36.4 Å². The van der Waals surface area contributed by atoms with E-state index in [1.165, 1.54) is 6.92 Å². The Morgan fingerprint density at radius 3 is 1.71 bits per heavy atom. The van der Waals surface area contributed by atoms with Gasteiger partial charge in [0.15, 0.2) is 0 Å². The highest BCUT2D eigenvalue weighted by molar-refractivity contribution is 7.91. The second kappa shape index (κ2) is 9.88. The SMILES string of the molecule is CC(O)CNS(=O)(=O)CCCS(C)(=O)=O.c1ccccc1. The fourth-order valence-electron chi connectivity index (χ4n) is 1.22. The van der Waals surface area contributed by atoms with Crippen LogP contribution in [0.4, 0.5) is 0 Å². The molecule has 0 radical (unpaired) electrons. The number of rotatable bonds is 7. The molecule has 0 saturated heterocycles. The van der Waals surface area contributed by atoms with Gasteiger partial charge < -0.3 is 5.11 Å². The van der Waals surface area contributed by atoms with Crippen molar-refractivity contribution in [1.29, 1.82) is 0 Å². The summed E-state index contributed by atoms with van der Waals surface area (Å²) < 4.78 is 46.0. The van der Waals surface area contributed by atoms with Crippen molar-refractivity contribution in [2.24, 2.45) is 0 Å². The van der Waals surface area contributed by atoms with Crippen LogP contribution in [-0.2, 0) is 19.9 Å². The molecule has 0 saturated carbocycles. The van der Waals surface area contributed by atoms with Gasteiger partial charge in [-0.05, 0) is 13.3 Å². The van der Waals surface area contributed by atoms with Gasteiger partial charge in [0, 0.05) is 12.8 Å². The van der Waals surface area contributed by atoms with E-state index in [-0.39, 0.29) is 24.5 Å². The van der Waals surface area contributed by atoms with E-state index in [0.29, 0.717) is 0 Å². The van der Waals surface area contributed by atoms with Crippen LogP contribution in [0.5, 0.6) is 0 Å². The fourth-order valence-corrected chi connectivity index (χ4v) is 3.23. The Balaban J connectivity index is 0.000000547. The van der Waals surface area contributed by atoms with E-state index in [4.69, 9.17) is 5.11 Å². The molecule has 0 amide bonds. The zero-order chi connectivity index (χ0) is 16.4. The van der Waals surface area contributed by atoms with Crippen LogP contribution in [0, 0.1) is 0 Å². The van der Waals surface area contributed by atoms with E-state index in [1.54, 1.807) is 0 Å². The van der Waals surface area contributed by atoms with Crippen LogP contribution in [0.25, 0.3) is 0 Å². The number of hydrogen-bond donors (Lipinski definition) is 2. The Morgan fingerprint density at radius 1 is 0.952 bits per heavy atom. The van der Waals surface area contributed by atoms with Gasteiger partial charge in [-0.1, -0.05) is 36.4 Å². The molecule has 0 spiro atoms. The van der Waals surface area contributed by atoms with Gasteiger partial charge >= 0.3 is 0 Å². The fraction of sp³-hybridized carbons (Fsp3) is 0.538. The molecule has 1 rings (SSSR count). The summed E-state index contributed by atoms with van der Waals surface area (Å²) in [4.78, 5) is 0. The predicted octanol–water partition coefficient (Wildman–Crippen LogP) is 0.408. The number of sulfone groups is 1. The van der Waals surface area contributed by atoms with Crippen molar-refractivity contribution in [2.45, 2.75) is 19.4 Å². The number of nitrogens with one attached hydrogen (secondary N) is 1. The summed E-state index contributed by atoms with van der Waals surface area (Å²) in [7, 11) is -6.59. The lowest BCUT2D eigenvalue weighted by molar-refractivity contribution is 0.198. The first-order chi connectivity index (χ1) is 9.62. The summed E-state index contributed by atoms with van der Waals surface area (Å²) in [6.45, 7) is 1.40. The maximum atomic E-state index is 11.2. The molecular weight excluding hydrogens is 314 g/mol. The lowest BCUT2D eigenvalue weighted by Gasteiger charge is -2.07. The first kappa shape index (κ1) is 20.0. The van der Waals surface area contributed by atoms with E-state index in [9.17, 15) is 16.8 Å². The monoisotopic (exact) mass is 337 g/mol. The van der Waals surface area contributed by atoms with Crippen molar-refractivity contribution in [2.75, 3.05) is 24.3 Å². The molecule has 0 aliphatic heterocycles. The summed E-state index contributed by atoms with van der Waals surface area (Å²) >= 11 is 0. The van der Waals surface area contributed by atoms with E-state index in [2.05, 4.69) is 4.72 Å². The predicted molar refractivity (Wildman–Crippen MR) is 84.2 cm³/mol. The van der Waals surface area contributed by atoms with Crippen molar-refractivity contribution >= 4 is 19.9 Å². The molecule has 1 aromatic rings. The number of aliphatic hydroxyl groups is 1. The second-order valence-corrected chi connectivity index (χ2v) is 8.84. The maximum absolute atomic E-state index is 11.2. The van der Waals surface area contributed by atoms with Crippen molar-refractivity contribution in [3.63, 3.8) is 0 Å².